The molecule has 0 aromatic heterocycles. The van der Waals surface area contributed by atoms with E-state index in [4.69, 9.17) is 15.6 Å². The zero-order valence-electron chi connectivity index (χ0n) is 7.86. The van der Waals surface area contributed by atoms with E-state index in [1.165, 1.54) is 0 Å². The molecular formula is C8H17NO3S. The van der Waals surface area contributed by atoms with Crippen molar-refractivity contribution in [3.8, 4) is 0 Å². The maximum atomic E-state index is 10.3. The van der Waals surface area contributed by atoms with Gasteiger partial charge in [0.2, 0.25) is 0 Å². The monoisotopic (exact) mass is 207 g/mol. The molecule has 4 nitrogen and oxygen atoms in total. The van der Waals surface area contributed by atoms with Crippen LogP contribution in [0.4, 0.5) is 0 Å². The molecule has 0 aliphatic heterocycles. The van der Waals surface area contributed by atoms with Gasteiger partial charge < -0.3 is 15.6 Å². The van der Waals surface area contributed by atoms with E-state index >= 15 is 0 Å². The summed E-state index contributed by atoms with van der Waals surface area (Å²) in [5.41, 5.74) is 5.31. The molecule has 0 aliphatic rings. The van der Waals surface area contributed by atoms with Crippen LogP contribution in [0.2, 0.25) is 0 Å². The average Bonchev–Trinajstić information content (AvgIpc) is 2.10. The van der Waals surface area contributed by atoms with E-state index in [2.05, 4.69) is 0 Å². The Hall–Kier alpha value is -0.260. The predicted molar refractivity (Wildman–Crippen MR) is 54.0 cm³/mol. The summed E-state index contributed by atoms with van der Waals surface area (Å²) in [6.07, 6.45) is 0.949. The second kappa shape index (κ2) is 8.34. The number of carbonyl (C=O) groups is 1. The summed E-state index contributed by atoms with van der Waals surface area (Å²) in [7, 11) is 0. The van der Waals surface area contributed by atoms with Crippen LogP contribution in [0.25, 0.3) is 0 Å². The smallest absolute Gasteiger partial charge is 0.321 e. The zero-order chi connectivity index (χ0) is 10.1. The lowest BCUT2D eigenvalue weighted by Gasteiger charge is -2.05. The van der Waals surface area contributed by atoms with Crippen molar-refractivity contribution >= 4 is 17.7 Å². The van der Waals surface area contributed by atoms with Gasteiger partial charge in [0, 0.05) is 19.0 Å². The third kappa shape index (κ3) is 8.08. The van der Waals surface area contributed by atoms with E-state index in [0.717, 1.165) is 25.4 Å². The topological polar surface area (TPSA) is 72.5 Å². The van der Waals surface area contributed by atoms with E-state index in [9.17, 15) is 4.79 Å². The van der Waals surface area contributed by atoms with Crippen LogP contribution in [0, 0.1) is 0 Å². The Labute approximate surface area is 82.8 Å². The van der Waals surface area contributed by atoms with E-state index < -0.39 is 12.0 Å². The Kier molecular flexibility index (Phi) is 8.18. The van der Waals surface area contributed by atoms with Crippen molar-refractivity contribution in [1.29, 1.82) is 0 Å². The van der Waals surface area contributed by atoms with E-state index in [1.807, 2.05) is 6.92 Å². The molecule has 0 spiro atoms. The Bertz CT molecular complexity index is 143. The lowest BCUT2D eigenvalue weighted by molar-refractivity contribution is -0.137. The quantitative estimate of drug-likeness (QED) is 0.569. The fraction of sp³-hybridized carbons (Fsp3) is 0.875. The summed E-state index contributed by atoms with van der Waals surface area (Å²) >= 11 is 1.55. The molecule has 0 fully saturated rings. The van der Waals surface area contributed by atoms with Crippen LogP contribution in [-0.2, 0) is 9.53 Å². The number of nitrogens with two attached hydrogens (primary N) is 1. The first kappa shape index (κ1) is 12.7. The molecule has 0 aromatic rings. The lowest BCUT2D eigenvalue weighted by atomic mass is 10.4. The van der Waals surface area contributed by atoms with Crippen LogP contribution in [0.3, 0.4) is 0 Å². The molecule has 3 N–H and O–H groups in total. The van der Waals surface area contributed by atoms with Crippen LogP contribution in [-0.4, -0.2) is 41.8 Å². The Balaban J connectivity index is 3.11. The van der Waals surface area contributed by atoms with E-state index in [-0.39, 0.29) is 0 Å². The van der Waals surface area contributed by atoms with Crippen LogP contribution < -0.4 is 5.73 Å². The molecule has 0 heterocycles. The van der Waals surface area contributed by atoms with Crippen molar-refractivity contribution in [2.24, 2.45) is 5.73 Å². The van der Waals surface area contributed by atoms with Crippen LogP contribution in [0.15, 0.2) is 0 Å². The highest BCUT2D eigenvalue weighted by molar-refractivity contribution is 7.99. The molecule has 5 heteroatoms. The van der Waals surface area contributed by atoms with Crippen molar-refractivity contribution in [3.05, 3.63) is 0 Å². The summed E-state index contributed by atoms with van der Waals surface area (Å²) in [4.78, 5) is 10.3. The van der Waals surface area contributed by atoms with Crippen molar-refractivity contribution in [2.45, 2.75) is 19.4 Å². The number of rotatable bonds is 8. The van der Waals surface area contributed by atoms with Crippen molar-refractivity contribution in [1.82, 2.24) is 0 Å². The maximum absolute atomic E-state index is 10.3. The highest BCUT2D eigenvalue weighted by atomic mass is 32.2. The van der Waals surface area contributed by atoms with Crippen molar-refractivity contribution in [3.63, 3.8) is 0 Å². The summed E-state index contributed by atoms with van der Waals surface area (Å²) in [5.74, 6) is 0.444. The summed E-state index contributed by atoms with van der Waals surface area (Å²) < 4.78 is 5.13. The number of ether oxygens (including phenoxy) is 1. The molecule has 0 rings (SSSR count). The van der Waals surface area contributed by atoms with Crippen molar-refractivity contribution < 1.29 is 14.6 Å². The SMILES string of the molecule is CCOCCCSCC(N)C(=O)O. The van der Waals surface area contributed by atoms with Gasteiger partial charge in [0.15, 0.2) is 0 Å². The van der Waals surface area contributed by atoms with Crippen LogP contribution >= 0.6 is 11.8 Å². The van der Waals surface area contributed by atoms with Crippen LogP contribution in [0.5, 0.6) is 0 Å². The normalized spacial score (nSPS) is 12.8. The summed E-state index contributed by atoms with van der Waals surface area (Å²) in [5, 5.41) is 8.46. The molecule has 1 atom stereocenters. The third-order valence-electron chi connectivity index (χ3n) is 1.40. The Morgan fingerprint density at radius 1 is 1.69 bits per heavy atom. The fourth-order valence-corrected chi connectivity index (χ4v) is 1.57. The van der Waals surface area contributed by atoms with Gasteiger partial charge in [0.1, 0.15) is 6.04 Å². The molecule has 0 bridgehead atoms. The average molecular weight is 207 g/mol. The van der Waals surface area contributed by atoms with Gasteiger partial charge in [0.05, 0.1) is 0 Å². The molecule has 0 amide bonds. The summed E-state index contributed by atoms with van der Waals surface area (Å²) in [6, 6.07) is -0.739. The van der Waals surface area contributed by atoms with Gasteiger partial charge in [-0.25, -0.2) is 0 Å². The van der Waals surface area contributed by atoms with Gasteiger partial charge in [-0.3, -0.25) is 4.79 Å². The third-order valence-corrected chi connectivity index (χ3v) is 2.57. The molecule has 13 heavy (non-hydrogen) atoms. The number of carboxylic acid groups (broad SMARTS) is 1. The van der Waals surface area contributed by atoms with Gasteiger partial charge >= 0.3 is 5.97 Å². The van der Waals surface area contributed by atoms with Crippen LogP contribution in [0.1, 0.15) is 13.3 Å². The maximum Gasteiger partial charge on any atom is 0.321 e. The number of thioether (sulfide) groups is 1. The Morgan fingerprint density at radius 2 is 2.38 bits per heavy atom. The van der Waals surface area contributed by atoms with E-state index in [1.54, 1.807) is 11.8 Å². The van der Waals surface area contributed by atoms with Crippen molar-refractivity contribution in [2.75, 3.05) is 24.7 Å². The largest absolute Gasteiger partial charge is 0.480 e. The molecule has 78 valence electrons. The number of hydrogen-bond acceptors (Lipinski definition) is 4. The molecular weight excluding hydrogens is 190 g/mol. The minimum atomic E-state index is -0.933. The van der Waals surface area contributed by atoms with Gasteiger partial charge in [0.25, 0.3) is 0 Å². The standard InChI is InChI=1S/C8H17NO3S/c1-2-12-4-3-5-13-6-7(9)8(10)11/h7H,2-6,9H2,1H3,(H,10,11). The minimum absolute atomic E-state index is 0.474. The first-order valence-electron chi connectivity index (χ1n) is 4.32. The number of hydrogen-bond donors (Lipinski definition) is 2. The number of aliphatic carboxylic acids is 1. The van der Waals surface area contributed by atoms with Gasteiger partial charge in [-0.15, -0.1) is 0 Å². The molecule has 0 saturated carbocycles. The summed E-state index contributed by atoms with van der Waals surface area (Å²) in [6.45, 7) is 3.43. The fourth-order valence-electron chi connectivity index (χ4n) is 0.689. The molecule has 1 unspecified atom stereocenters. The zero-order valence-corrected chi connectivity index (χ0v) is 8.68. The second-order valence-electron chi connectivity index (χ2n) is 2.57. The first-order valence-corrected chi connectivity index (χ1v) is 5.47. The number of carboxylic acids is 1. The first-order chi connectivity index (χ1) is 6.18. The lowest BCUT2D eigenvalue weighted by Crippen LogP contribution is -2.32. The molecule has 0 aromatic carbocycles. The second-order valence-corrected chi connectivity index (χ2v) is 3.72. The molecule has 0 aliphatic carbocycles. The predicted octanol–water partition coefficient (Wildman–Crippen LogP) is 0.558. The highest BCUT2D eigenvalue weighted by Gasteiger charge is 2.09. The van der Waals surface area contributed by atoms with Gasteiger partial charge in [-0.05, 0) is 19.1 Å². The molecule has 0 radical (unpaired) electrons. The van der Waals surface area contributed by atoms with Gasteiger partial charge in [-0.1, -0.05) is 0 Å². The molecule has 0 saturated heterocycles. The minimum Gasteiger partial charge on any atom is -0.480 e. The highest BCUT2D eigenvalue weighted by Crippen LogP contribution is 2.04. The Morgan fingerprint density at radius 3 is 2.92 bits per heavy atom. The van der Waals surface area contributed by atoms with Gasteiger partial charge in [-0.2, -0.15) is 11.8 Å². The van der Waals surface area contributed by atoms with E-state index in [0.29, 0.717) is 5.75 Å².